The number of nitrogens with zero attached hydrogens (tertiary/aromatic N) is 4. The van der Waals surface area contributed by atoms with Crippen LogP contribution < -0.4 is 5.32 Å². The molecule has 9 nitrogen and oxygen atoms in total. The second-order valence-corrected chi connectivity index (χ2v) is 6.40. The van der Waals surface area contributed by atoms with Gasteiger partial charge in [-0.15, -0.1) is 5.10 Å². The number of carbonyl (C=O) groups is 2. The summed E-state index contributed by atoms with van der Waals surface area (Å²) >= 11 is 0. The summed E-state index contributed by atoms with van der Waals surface area (Å²) in [5.74, 6) is -1.70. The minimum Gasteiger partial charge on any atom is -0.478 e. The van der Waals surface area contributed by atoms with E-state index in [0.29, 0.717) is 18.7 Å². The highest BCUT2D eigenvalue weighted by atomic mass is 16.4. The van der Waals surface area contributed by atoms with Crippen molar-refractivity contribution in [3.8, 4) is 0 Å². The monoisotopic (exact) mass is 423 g/mol. The van der Waals surface area contributed by atoms with Gasteiger partial charge in [0.25, 0.3) is 0 Å². The predicted molar refractivity (Wildman–Crippen MR) is 118 cm³/mol. The number of rotatable bonds is 9. The van der Waals surface area contributed by atoms with E-state index in [9.17, 15) is 9.59 Å². The maximum absolute atomic E-state index is 9.55. The number of carboxylic acids is 2. The van der Waals surface area contributed by atoms with Crippen LogP contribution in [0.25, 0.3) is 11.7 Å². The normalized spacial score (nSPS) is 10.9. The van der Waals surface area contributed by atoms with Gasteiger partial charge in [0.15, 0.2) is 5.65 Å². The van der Waals surface area contributed by atoms with E-state index in [2.05, 4.69) is 39.5 Å². The first-order valence-electron chi connectivity index (χ1n) is 9.78. The molecule has 31 heavy (non-hydrogen) atoms. The highest BCUT2D eigenvalue weighted by molar-refractivity contribution is 5.89. The standard InChI is InChI=1S/C18H21N5.C4H4O4/c1-2-3-4-5-9-16-14-21-18-11-10-17(22-23(16)18)20-13-15-8-6-7-12-19-15;5-3(6)1-2-4(7)8/h5-12,14H,2-4,13H2,1H3,(H,20,22);1-2H,(H,5,6)(H,7,8)/b9-5+;2-1+. The average molecular weight is 423 g/mol. The van der Waals surface area contributed by atoms with Gasteiger partial charge in [0.05, 0.1) is 24.1 Å². The van der Waals surface area contributed by atoms with E-state index >= 15 is 0 Å². The summed E-state index contributed by atoms with van der Waals surface area (Å²) in [5.41, 5.74) is 2.83. The largest absolute Gasteiger partial charge is 0.478 e. The van der Waals surface area contributed by atoms with Crippen molar-refractivity contribution in [3.05, 3.63) is 72.3 Å². The van der Waals surface area contributed by atoms with Crippen molar-refractivity contribution >= 4 is 29.5 Å². The maximum atomic E-state index is 9.55. The van der Waals surface area contributed by atoms with Gasteiger partial charge in [0.1, 0.15) is 5.82 Å². The first-order chi connectivity index (χ1) is 15.0. The van der Waals surface area contributed by atoms with Gasteiger partial charge in [0.2, 0.25) is 0 Å². The van der Waals surface area contributed by atoms with Crippen molar-refractivity contribution in [2.75, 3.05) is 5.32 Å². The molecule has 0 spiro atoms. The third kappa shape index (κ3) is 8.48. The Balaban J connectivity index is 0.000000366. The van der Waals surface area contributed by atoms with Crippen molar-refractivity contribution < 1.29 is 19.8 Å². The van der Waals surface area contributed by atoms with Crippen molar-refractivity contribution in [1.29, 1.82) is 0 Å². The zero-order valence-corrected chi connectivity index (χ0v) is 17.2. The SMILES string of the molecule is CCCC/C=C/c1cnc2ccc(NCc3ccccn3)nn12.O=C(O)/C=C/C(=O)O. The summed E-state index contributed by atoms with van der Waals surface area (Å²) in [7, 11) is 0. The van der Waals surface area contributed by atoms with Crippen LogP contribution in [-0.4, -0.2) is 41.7 Å². The lowest BCUT2D eigenvalue weighted by atomic mass is 10.2. The Kier molecular flexibility index (Phi) is 9.41. The van der Waals surface area contributed by atoms with Crippen LogP contribution >= 0.6 is 0 Å². The van der Waals surface area contributed by atoms with Crippen molar-refractivity contribution in [1.82, 2.24) is 19.6 Å². The number of fused-ring (bicyclic) bond motifs is 1. The molecule has 0 aliphatic rings. The second-order valence-electron chi connectivity index (χ2n) is 6.40. The zero-order chi connectivity index (χ0) is 22.5. The number of nitrogens with one attached hydrogen (secondary N) is 1. The summed E-state index contributed by atoms with van der Waals surface area (Å²) < 4.78 is 1.86. The van der Waals surface area contributed by atoms with E-state index in [4.69, 9.17) is 10.2 Å². The van der Waals surface area contributed by atoms with Crippen LogP contribution in [0.3, 0.4) is 0 Å². The van der Waals surface area contributed by atoms with E-state index in [1.165, 1.54) is 12.8 Å². The van der Waals surface area contributed by atoms with Gasteiger partial charge in [-0.05, 0) is 36.8 Å². The minimum absolute atomic E-state index is 0.558. The molecule has 3 aromatic rings. The van der Waals surface area contributed by atoms with Crippen LogP contribution in [0.5, 0.6) is 0 Å². The number of allylic oxidation sites excluding steroid dienone is 1. The van der Waals surface area contributed by atoms with Gasteiger partial charge >= 0.3 is 11.9 Å². The Morgan fingerprint density at radius 2 is 1.87 bits per heavy atom. The molecule has 0 aromatic carbocycles. The first kappa shape index (κ1) is 23.3. The van der Waals surface area contributed by atoms with Crippen molar-refractivity contribution in [2.24, 2.45) is 0 Å². The van der Waals surface area contributed by atoms with E-state index < -0.39 is 11.9 Å². The highest BCUT2D eigenvalue weighted by Crippen LogP contribution is 2.12. The third-order valence-corrected chi connectivity index (χ3v) is 3.95. The lowest BCUT2D eigenvalue weighted by Gasteiger charge is -2.05. The molecule has 0 saturated heterocycles. The summed E-state index contributed by atoms with van der Waals surface area (Å²) in [5, 5.41) is 23.5. The minimum atomic E-state index is -1.26. The number of hydrogen-bond acceptors (Lipinski definition) is 6. The Bertz CT molecular complexity index is 1030. The van der Waals surface area contributed by atoms with Crippen LogP contribution in [0.1, 0.15) is 37.6 Å². The fraction of sp³-hybridized carbons (Fsp3) is 0.227. The number of imidazole rings is 1. The van der Waals surface area contributed by atoms with E-state index in [0.717, 1.165) is 29.3 Å². The van der Waals surface area contributed by atoms with E-state index in [1.54, 1.807) is 6.20 Å². The summed E-state index contributed by atoms with van der Waals surface area (Å²) in [4.78, 5) is 27.8. The van der Waals surface area contributed by atoms with Crippen LogP contribution in [-0.2, 0) is 16.1 Å². The Labute approximate surface area is 179 Å². The Hall–Kier alpha value is -4.01. The zero-order valence-electron chi connectivity index (χ0n) is 17.2. The van der Waals surface area contributed by atoms with Gasteiger partial charge in [-0.1, -0.05) is 31.9 Å². The molecule has 3 rings (SSSR count). The van der Waals surface area contributed by atoms with Gasteiger partial charge in [-0.3, -0.25) is 4.98 Å². The molecule has 9 heteroatoms. The quantitative estimate of drug-likeness (QED) is 0.351. The van der Waals surface area contributed by atoms with Crippen molar-refractivity contribution in [3.63, 3.8) is 0 Å². The summed E-state index contributed by atoms with van der Waals surface area (Å²) in [6.07, 6.45) is 12.5. The molecule has 0 unspecified atom stereocenters. The fourth-order valence-corrected chi connectivity index (χ4v) is 2.45. The second kappa shape index (κ2) is 12.5. The number of pyridine rings is 1. The topological polar surface area (TPSA) is 130 Å². The molecular weight excluding hydrogens is 398 g/mol. The molecule has 0 bridgehead atoms. The molecule has 0 amide bonds. The van der Waals surface area contributed by atoms with Gasteiger partial charge in [0, 0.05) is 18.3 Å². The molecule has 0 radical (unpaired) electrons. The van der Waals surface area contributed by atoms with Gasteiger partial charge in [-0.25, -0.2) is 19.1 Å². The van der Waals surface area contributed by atoms with E-state index in [-0.39, 0.29) is 0 Å². The van der Waals surface area contributed by atoms with Crippen LogP contribution in [0, 0.1) is 0 Å². The molecule has 162 valence electrons. The van der Waals surface area contributed by atoms with Gasteiger partial charge in [-0.2, -0.15) is 0 Å². The lowest BCUT2D eigenvalue weighted by molar-refractivity contribution is -0.134. The third-order valence-electron chi connectivity index (χ3n) is 3.95. The van der Waals surface area contributed by atoms with E-state index in [1.807, 2.05) is 41.0 Å². The van der Waals surface area contributed by atoms with Crippen LogP contribution in [0.4, 0.5) is 5.82 Å². The molecule has 0 atom stereocenters. The van der Waals surface area contributed by atoms with Crippen LogP contribution in [0.15, 0.2) is 61.0 Å². The number of unbranched alkanes of at least 4 members (excludes halogenated alkanes) is 2. The number of hydrogen-bond donors (Lipinski definition) is 3. The highest BCUT2D eigenvalue weighted by Gasteiger charge is 2.03. The molecule has 3 N–H and O–H groups in total. The number of carboxylic acid groups (broad SMARTS) is 2. The summed E-state index contributed by atoms with van der Waals surface area (Å²) in [6, 6.07) is 9.80. The smallest absolute Gasteiger partial charge is 0.328 e. The maximum Gasteiger partial charge on any atom is 0.328 e. The number of aromatic nitrogens is 4. The first-order valence-corrected chi connectivity index (χ1v) is 9.78. The molecule has 0 fully saturated rings. The van der Waals surface area contributed by atoms with Crippen LogP contribution in [0.2, 0.25) is 0 Å². The molecule has 0 aliphatic heterocycles. The molecule has 0 aliphatic carbocycles. The predicted octanol–water partition coefficient (Wildman–Crippen LogP) is 3.65. The van der Waals surface area contributed by atoms with Gasteiger partial charge < -0.3 is 15.5 Å². The average Bonchev–Trinajstić information content (AvgIpc) is 3.17. The molecule has 3 heterocycles. The fourth-order valence-electron chi connectivity index (χ4n) is 2.45. The molecular formula is C22H25N5O4. The number of aliphatic carboxylic acids is 2. The Morgan fingerprint density at radius 3 is 2.52 bits per heavy atom. The molecule has 0 saturated carbocycles. The molecule has 3 aromatic heterocycles. The Morgan fingerprint density at radius 1 is 1.10 bits per heavy atom. The summed E-state index contributed by atoms with van der Waals surface area (Å²) in [6.45, 7) is 2.85. The van der Waals surface area contributed by atoms with Crippen molar-refractivity contribution in [2.45, 2.75) is 32.7 Å². The lowest BCUT2D eigenvalue weighted by Crippen LogP contribution is -2.05. The number of anilines is 1.